The number of rotatable bonds is 4. The molecule has 1 saturated heterocycles. The Morgan fingerprint density at radius 1 is 1.36 bits per heavy atom. The molecule has 4 nitrogen and oxygen atoms in total. The highest BCUT2D eigenvalue weighted by Gasteiger charge is 2.72. The standard InChI is InChI=1S/C17H29NO3S/c1-5-6-12(2)9-15(19)18-14-10-13-7-8-17(14,16(13,3)4)11-22(18,20)21/h12-14H,5-11H2,1-4H3/t12-,13+,14-,17-/m0/s1. The molecule has 4 atom stereocenters. The molecule has 0 radical (unpaired) electrons. The van der Waals surface area contributed by atoms with Crippen LogP contribution in [0.4, 0.5) is 0 Å². The van der Waals surface area contributed by atoms with Crippen molar-refractivity contribution in [1.82, 2.24) is 4.31 Å². The van der Waals surface area contributed by atoms with Crippen LogP contribution in [0.5, 0.6) is 0 Å². The fourth-order valence-electron chi connectivity index (χ4n) is 5.60. The van der Waals surface area contributed by atoms with Gasteiger partial charge in [0, 0.05) is 11.8 Å². The quantitative estimate of drug-likeness (QED) is 0.797. The van der Waals surface area contributed by atoms with Gasteiger partial charge in [0.05, 0.1) is 11.8 Å². The van der Waals surface area contributed by atoms with E-state index < -0.39 is 10.0 Å². The van der Waals surface area contributed by atoms with Gasteiger partial charge in [-0.2, -0.15) is 0 Å². The molecule has 126 valence electrons. The maximum atomic E-state index is 12.7. The summed E-state index contributed by atoms with van der Waals surface area (Å²) in [6, 6.07) is -0.0763. The van der Waals surface area contributed by atoms with E-state index in [4.69, 9.17) is 0 Å². The summed E-state index contributed by atoms with van der Waals surface area (Å²) in [5, 5.41) is 0. The average Bonchev–Trinajstić information content (AvgIpc) is 2.85. The van der Waals surface area contributed by atoms with Gasteiger partial charge in [0.15, 0.2) is 0 Å². The third kappa shape index (κ3) is 2.00. The van der Waals surface area contributed by atoms with Crippen LogP contribution in [0.15, 0.2) is 0 Å². The number of fused-ring (bicyclic) bond motifs is 1. The fraction of sp³-hybridized carbons (Fsp3) is 0.941. The molecule has 1 heterocycles. The van der Waals surface area contributed by atoms with Crippen LogP contribution in [0, 0.1) is 22.7 Å². The van der Waals surface area contributed by atoms with E-state index in [2.05, 4.69) is 20.8 Å². The minimum absolute atomic E-state index is 0.0365. The zero-order valence-electron chi connectivity index (χ0n) is 14.3. The van der Waals surface area contributed by atoms with Gasteiger partial charge in [0.25, 0.3) is 0 Å². The maximum absolute atomic E-state index is 12.7. The van der Waals surface area contributed by atoms with E-state index in [0.717, 1.165) is 32.1 Å². The van der Waals surface area contributed by atoms with Crippen molar-refractivity contribution >= 4 is 15.9 Å². The summed E-state index contributed by atoms with van der Waals surface area (Å²) in [4.78, 5) is 12.7. The molecule has 3 fully saturated rings. The Hall–Kier alpha value is -0.580. The Labute approximate surface area is 134 Å². The summed E-state index contributed by atoms with van der Waals surface area (Å²) < 4.78 is 26.8. The van der Waals surface area contributed by atoms with Crippen molar-refractivity contribution in [3.63, 3.8) is 0 Å². The smallest absolute Gasteiger partial charge is 0.238 e. The zero-order chi connectivity index (χ0) is 16.3. The molecule has 5 heteroatoms. The highest BCUT2D eigenvalue weighted by atomic mass is 32.2. The zero-order valence-corrected chi connectivity index (χ0v) is 15.1. The summed E-state index contributed by atoms with van der Waals surface area (Å²) in [6.45, 7) is 8.58. The van der Waals surface area contributed by atoms with Crippen LogP contribution >= 0.6 is 0 Å². The third-order valence-electron chi connectivity index (χ3n) is 6.96. The van der Waals surface area contributed by atoms with Crippen LogP contribution in [0.3, 0.4) is 0 Å². The number of carbonyl (C=O) groups is 1. The first-order chi connectivity index (χ1) is 10.2. The maximum Gasteiger partial charge on any atom is 0.238 e. The van der Waals surface area contributed by atoms with Crippen LogP contribution in [0.2, 0.25) is 0 Å². The predicted octanol–water partition coefficient (Wildman–Crippen LogP) is 3.18. The Morgan fingerprint density at radius 2 is 2.05 bits per heavy atom. The monoisotopic (exact) mass is 327 g/mol. The lowest BCUT2D eigenvalue weighted by Crippen LogP contribution is -2.44. The molecular weight excluding hydrogens is 298 g/mol. The first-order valence-corrected chi connectivity index (χ1v) is 10.3. The van der Waals surface area contributed by atoms with Crippen LogP contribution in [0.1, 0.15) is 66.2 Å². The van der Waals surface area contributed by atoms with Crippen LogP contribution in [-0.4, -0.2) is 30.4 Å². The largest absolute Gasteiger partial charge is 0.274 e. The second-order valence-corrected chi connectivity index (χ2v) is 10.3. The first kappa shape index (κ1) is 16.3. The number of hydrogen-bond acceptors (Lipinski definition) is 3. The van der Waals surface area contributed by atoms with Crippen LogP contribution < -0.4 is 0 Å². The van der Waals surface area contributed by atoms with Gasteiger partial charge in [-0.05, 0) is 36.5 Å². The molecule has 3 rings (SSSR count). The predicted molar refractivity (Wildman–Crippen MR) is 86.7 cm³/mol. The third-order valence-corrected chi connectivity index (χ3v) is 8.90. The van der Waals surface area contributed by atoms with Gasteiger partial charge in [-0.25, -0.2) is 12.7 Å². The number of amides is 1. The topological polar surface area (TPSA) is 54.5 Å². The molecule has 0 aromatic heterocycles. The normalized spacial score (nSPS) is 39.0. The number of hydrogen-bond donors (Lipinski definition) is 0. The summed E-state index contributed by atoms with van der Waals surface area (Å²) in [6.07, 6.45) is 5.33. The molecule has 0 aromatic carbocycles. The lowest BCUT2D eigenvalue weighted by molar-refractivity contribution is -0.129. The van der Waals surface area contributed by atoms with Crippen molar-refractivity contribution in [1.29, 1.82) is 0 Å². The SMILES string of the molecule is CCC[C@H](C)CC(=O)N1[C@H]2C[C@H]3CC[C@@]2(CS1(=O)=O)C3(C)C. The molecule has 0 unspecified atom stereocenters. The molecule has 3 aliphatic rings. The summed E-state index contributed by atoms with van der Waals surface area (Å²) >= 11 is 0. The fourth-order valence-corrected chi connectivity index (χ4v) is 8.16. The van der Waals surface area contributed by atoms with Gasteiger partial charge in [0.1, 0.15) is 0 Å². The van der Waals surface area contributed by atoms with Crippen LogP contribution in [0.25, 0.3) is 0 Å². The Balaban J connectivity index is 1.89. The van der Waals surface area contributed by atoms with E-state index in [1.54, 1.807) is 0 Å². The molecule has 2 bridgehead atoms. The van der Waals surface area contributed by atoms with Gasteiger partial charge in [0.2, 0.25) is 15.9 Å². The van der Waals surface area contributed by atoms with E-state index in [-0.39, 0.29) is 34.4 Å². The second-order valence-electron chi connectivity index (χ2n) is 8.41. The lowest BCUT2D eigenvalue weighted by atomic mass is 9.69. The molecule has 0 N–H and O–H groups in total. The molecular formula is C17H29NO3S. The van der Waals surface area contributed by atoms with Crippen molar-refractivity contribution < 1.29 is 13.2 Å². The molecule has 2 aliphatic carbocycles. The van der Waals surface area contributed by atoms with Gasteiger partial charge in [-0.3, -0.25) is 4.79 Å². The van der Waals surface area contributed by atoms with E-state index >= 15 is 0 Å². The number of nitrogens with zero attached hydrogens (tertiary/aromatic N) is 1. The van der Waals surface area contributed by atoms with Crippen LogP contribution in [-0.2, 0) is 14.8 Å². The molecule has 22 heavy (non-hydrogen) atoms. The van der Waals surface area contributed by atoms with Gasteiger partial charge in [-0.15, -0.1) is 0 Å². The summed E-state index contributed by atoms with van der Waals surface area (Å²) in [5.74, 6) is 0.848. The van der Waals surface area contributed by atoms with Gasteiger partial charge < -0.3 is 0 Å². The second kappa shape index (κ2) is 4.96. The van der Waals surface area contributed by atoms with Crippen molar-refractivity contribution in [3.05, 3.63) is 0 Å². The highest BCUT2D eigenvalue weighted by Crippen LogP contribution is 2.70. The molecule has 1 spiro atoms. The van der Waals surface area contributed by atoms with Crippen molar-refractivity contribution in [2.45, 2.75) is 72.3 Å². The lowest BCUT2D eigenvalue weighted by Gasteiger charge is -2.37. The Morgan fingerprint density at radius 3 is 2.64 bits per heavy atom. The molecule has 2 saturated carbocycles. The summed E-state index contributed by atoms with van der Waals surface area (Å²) in [7, 11) is -3.44. The van der Waals surface area contributed by atoms with E-state index in [1.807, 2.05) is 6.92 Å². The van der Waals surface area contributed by atoms with E-state index in [0.29, 0.717) is 12.3 Å². The molecule has 0 aromatic rings. The van der Waals surface area contributed by atoms with Crippen molar-refractivity contribution in [3.8, 4) is 0 Å². The average molecular weight is 327 g/mol. The minimum Gasteiger partial charge on any atom is -0.274 e. The Kier molecular flexibility index (Phi) is 3.67. The van der Waals surface area contributed by atoms with E-state index in [9.17, 15) is 13.2 Å². The number of sulfonamides is 1. The Bertz CT molecular complexity index is 583. The highest BCUT2D eigenvalue weighted by molar-refractivity contribution is 7.90. The van der Waals surface area contributed by atoms with Gasteiger partial charge in [-0.1, -0.05) is 40.5 Å². The van der Waals surface area contributed by atoms with Gasteiger partial charge >= 0.3 is 0 Å². The molecule has 1 aliphatic heterocycles. The summed E-state index contributed by atoms with van der Waals surface area (Å²) in [5.41, 5.74) is -0.158. The first-order valence-electron chi connectivity index (χ1n) is 8.70. The van der Waals surface area contributed by atoms with E-state index in [1.165, 1.54) is 4.31 Å². The molecule has 1 amide bonds. The number of carbonyl (C=O) groups excluding carboxylic acids is 1. The van der Waals surface area contributed by atoms with Crippen molar-refractivity contribution in [2.75, 3.05) is 5.75 Å². The minimum atomic E-state index is -3.44. The van der Waals surface area contributed by atoms with Crippen molar-refractivity contribution in [2.24, 2.45) is 22.7 Å².